The van der Waals surface area contributed by atoms with E-state index >= 15 is 0 Å². The molecule has 0 saturated carbocycles. The molecular weight excluding hydrogens is 395 g/mol. The van der Waals surface area contributed by atoms with Crippen LogP contribution in [0, 0.1) is 13.8 Å². The summed E-state index contributed by atoms with van der Waals surface area (Å²) in [6.45, 7) is 3.65. The molecule has 9 heteroatoms. The number of fused-ring (bicyclic) bond motifs is 1. The zero-order valence-electron chi connectivity index (χ0n) is 16.2. The zero-order valence-corrected chi connectivity index (χ0v) is 16.2. The van der Waals surface area contributed by atoms with Crippen molar-refractivity contribution >= 4 is 16.8 Å². The van der Waals surface area contributed by atoms with Crippen LogP contribution in [-0.2, 0) is 12.7 Å². The average Bonchev–Trinajstić information content (AvgIpc) is 3.20. The van der Waals surface area contributed by atoms with Gasteiger partial charge >= 0.3 is 6.18 Å². The van der Waals surface area contributed by atoms with Crippen LogP contribution >= 0.6 is 0 Å². The van der Waals surface area contributed by atoms with Crippen molar-refractivity contribution in [3.8, 4) is 5.69 Å². The Labute approximate surface area is 169 Å². The fraction of sp³-hybridized carbons (Fsp3) is 0.190. The van der Waals surface area contributed by atoms with Crippen LogP contribution in [0.5, 0.6) is 0 Å². The summed E-state index contributed by atoms with van der Waals surface area (Å²) in [5.74, 6) is -0.552. The van der Waals surface area contributed by atoms with Gasteiger partial charge in [-0.25, -0.2) is 4.68 Å². The Morgan fingerprint density at radius 2 is 1.83 bits per heavy atom. The van der Waals surface area contributed by atoms with Crippen molar-refractivity contribution in [2.75, 3.05) is 0 Å². The first-order valence-corrected chi connectivity index (χ1v) is 9.14. The predicted molar refractivity (Wildman–Crippen MR) is 105 cm³/mol. The highest BCUT2D eigenvalue weighted by molar-refractivity contribution is 5.95. The number of aromatic nitrogens is 4. The Bertz CT molecular complexity index is 1270. The maximum atomic E-state index is 13.0. The van der Waals surface area contributed by atoms with Crippen molar-refractivity contribution in [1.29, 1.82) is 0 Å². The lowest BCUT2D eigenvalue weighted by atomic mass is 10.1. The Morgan fingerprint density at radius 1 is 1.10 bits per heavy atom. The summed E-state index contributed by atoms with van der Waals surface area (Å²) >= 11 is 0. The molecule has 4 aromatic rings. The lowest BCUT2D eigenvalue weighted by Gasteiger charge is -2.08. The van der Waals surface area contributed by atoms with Crippen LogP contribution in [-0.4, -0.2) is 25.5 Å². The number of amides is 1. The van der Waals surface area contributed by atoms with Crippen molar-refractivity contribution in [2.24, 2.45) is 5.73 Å². The van der Waals surface area contributed by atoms with Crippen LogP contribution in [0.15, 0.2) is 48.7 Å². The first kappa shape index (κ1) is 19.7. The van der Waals surface area contributed by atoms with Crippen molar-refractivity contribution in [2.45, 2.75) is 26.6 Å². The highest BCUT2D eigenvalue weighted by Crippen LogP contribution is 2.30. The maximum Gasteiger partial charge on any atom is 0.416 e. The van der Waals surface area contributed by atoms with Gasteiger partial charge in [-0.15, -0.1) is 0 Å². The maximum absolute atomic E-state index is 13.0. The number of hydrogen-bond acceptors (Lipinski definition) is 3. The molecule has 0 bridgehead atoms. The molecule has 0 radical (unpaired) electrons. The molecule has 4 rings (SSSR count). The van der Waals surface area contributed by atoms with Gasteiger partial charge < -0.3 is 5.73 Å². The van der Waals surface area contributed by atoms with Crippen molar-refractivity contribution < 1.29 is 18.0 Å². The number of rotatable bonds is 4. The average molecular weight is 413 g/mol. The third kappa shape index (κ3) is 3.42. The number of primary amides is 1. The van der Waals surface area contributed by atoms with E-state index in [-0.39, 0.29) is 6.54 Å². The van der Waals surface area contributed by atoms with Gasteiger partial charge in [-0.05, 0) is 43.7 Å². The fourth-order valence-corrected chi connectivity index (χ4v) is 3.61. The van der Waals surface area contributed by atoms with E-state index in [2.05, 4.69) is 10.2 Å². The molecule has 0 spiro atoms. The van der Waals surface area contributed by atoms with E-state index in [0.717, 1.165) is 17.5 Å². The van der Waals surface area contributed by atoms with Gasteiger partial charge in [0.1, 0.15) is 0 Å². The first-order valence-electron chi connectivity index (χ1n) is 9.14. The molecule has 2 aromatic heterocycles. The fourth-order valence-electron chi connectivity index (χ4n) is 3.61. The number of aryl methyl sites for hydroxylation is 1. The van der Waals surface area contributed by atoms with E-state index in [9.17, 15) is 18.0 Å². The summed E-state index contributed by atoms with van der Waals surface area (Å²) in [5.41, 5.74) is 8.12. The summed E-state index contributed by atoms with van der Waals surface area (Å²) in [6, 6.07) is 10.6. The summed E-state index contributed by atoms with van der Waals surface area (Å²) < 4.78 is 42.2. The first-order chi connectivity index (χ1) is 14.1. The number of nitrogens with zero attached hydrogens (tertiary/aromatic N) is 4. The Morgan fingerprint density at radius 3 is 2.50 bits per heavy atom. The molecule has 30 heavy (non-hydrogen) atoms. The molecule has 0 aliphatic carbocycles. The standard InChI is InChI=1S/C21H18F3N5O/c1-12-19(20(25)30)13(2)29(26-12)18-8-4-7-17-16(18)11-28(27-17)10-14-5-3-6-15(9-14)21(22,23)24/h3-9,11H,10H2,1-2H3,(H2,25,30). The summed E-state index contributed by atoms with van der Waals surface area (Å²) in [4.78, 5) is 11.7. The van der Waals surface area contributed by atoms with Gasteiger partial charge in [-0.2, -0.15) is 23.4 Å². The zero-order chi connectivity index (χ0) is 21.6. The summed E-state index contributed by atoms with van der Waals surface area (Å²) in [6.07, 6.45) is -2.64. The molecule has 0 fully saturated rings. The highest BCUT2D eigenvalue weighted by atomic mass is 19.4. The quantitative estimate of drug-likeness (QED) is 0.549. The SMILES string of the molecule is Cc1nn(-c2cccc3nn(Cc4cccc(C(F)(F)F)c4)cc23)c(C)c1C(N)=O. The third-order valence-corrected chi connectivity index (χ3v) is 4.94. The number of carbonyl (C=O) groups is 1. The van der Waals surface area contributed by atoms with Gasteiger partial charge in [-0.3, -0.25) is 9.48 Å². The van der Waals surface area contributed by atoms with Crippen molar-refractivity contribution in [3.63, 3.8) is 0 Å². The monoisotopic (exact) mass is 413 g/mol. The highest BCUT2D eigenvalue weighted by Gasteiger charge is 2.30. The molecule has 154 valence electrons. The van der Waals surface area contributed by atoms with Gasteiger partial charge in [0.25, 0.3) is 5.91 Å². The largest absolute Gasteiger partial charge is 0.416 e. The van der Waals surface area contributed by atoms with Gasteiger partial charge in [0.2, 0.25) is 0 Å². The predicted octanol–water partition coefficient (Wildman–Crippen LogP) is 4.00. The second kappa shape index (κ2) is 7.01. The Kier molecular flexibility index (Phi) is 4.60. The van der Waals surface area contributed by atoms with E-state index in [0.29, 0.717) is 33.7 Å². The minimum Gasteiger partial charge on any atom is -0.365 e. The summed E-state index contributed by atoms with van der Waals surface area (Å²) in [7, 11) is 0. The van der Waals surface area contributed by atoms with Crippen LogP contribution in [0.1, 0.15) is 32.9 Å². The lowest BCUT2D eigenvalue weighted by molar-refractivity contribution is -0.137. The molecule has 1 amide bonds. The minimum absolute atomic E-state index is 0.182. The van der Waals surface area contributed by atoms with Crippen molar-refractivity contribution in [3.05, 3.63) is 76.7 Å². The van der Waals surface area contributed by atoms with Gasteiger partial charge in [0, 0.05) is 11.6 Å². The van der Waals surface area contributed by atoms with E-state index in [1.54, 1.807) is 41.5 Å². The molecule has 0 unspecified atom stereocenters. The van der Waals surface area contributed by atoms with Crippen LogP contribution in [0.4, 0.5) is 13.2 Å². The smallest absolute Gasteiger partial charge is 0.365 e. The molecule has 0 aliphatic rings. The normalized spacial score (nSPS) is 11.9. The molecule has 2 N–H and O–H groups in total. The van der Waals surface area contributed by atoms with Crippen LogP contribution in [0.25, 0.3) is 16.6 Å². The van der Waals surface area contributed by atoms with Gasteiger partial charge in [-0.1, -0.05) is 18.2 Å². The Balaban J connectivity index is 1.76. The number of benzene rings is 2. The van der Waals surface area contributed by atoms with E-state index in [4.69, 9.17) is 5.73 Å². The molecule has 6 nitrogen and oxygen atoms in total. The number of alkyl halides is 3. The Hall–Kier alpha value is -3.62. The van der Waals surface area contributed by atoms with E-state index < -0.39 is 17.6 Å². The van der Waals surface area contributed by atoms with Crippen LogP contribution in [0.3, 0.4) is 0 Å². The molecular formula is C21H18F3N5O. The second-order valence-electron chi connectivity index (χ2n) is 7.06. The number of hydrogen-bond donors (Lipinski definition) is 1. The third-order valence-electron chi connectivity index (χ3n) is 4.94. The van der Waals surface area contributed by atoms with Crippen LogP contribution in [0.2, 0.25) is 0 Å². The molecule has 2 heterocycles. The number of nitrogens with two attached hydrogens (primary N) is 1. The van der Waals surface area contributed by atoms with Crippen LogP contribution < -0.4 is 5.73 Å². The van der Waals surface area contributed by atoms with Crippen molar-refractivity contribution in [1.82, 2.24) is 19.6 Å². The van der Waals surface area contributed by atoms with Gasteiger partial charge in [0.05, 0.1) is 40.3 Å². The molecule has 0 aliphatic heterocycles. The second-order valence-corrected chi connectivity index (χ2v) is 7.06. The minimum atomic E-state index is -4.40. The lowest BCUT2D eigenvalue weighted by Crippen LogP contribution is -2.13. The van der Waals surface area contributed by atoms with E-state index in [1.807, 2.05) is 12.1 Å². The summed E-state index contributed by atoms with van der Waals surface area (Å²) in [5, 5.41) is 9.68. The number of carbonyl (C=O) groups excluding carboxylic acids is 1. The number of halogens is 3. The molecule has 0 saturated heterocycles. The topological polar surface area (TPSA) is 78.7 Å². The molecule has 2 aromatic carbocycles. The molecule has 0 atom stereocenters. The van der Waals surface area contributed by atoms with Gasteiger partial charge in [0.15, 0.2) is 0 Å². The van der Waals surface area contributed by atoms with E-state index in [1.165, 1.54) is 6.07 Å².